The summed E-state index contributed by atoms with van der Waals surface area (Å²) in [6, 6.07) is 12.9. The molecule has 0 saturated heterocycles. The van der Waals surface area contributed by atoms with Gasteiger partial charge < -0.3 is 0 Å². The van der Waals surface area contributed by atoms with E-state index in [1.54, 1.807) is 0 Å². The number of benzene rings is 2. The number of fused-ring (bicyclic) bond motifs is 1. The van der Waals surface area contributed by atoms with E-state index in [9.17, 15) is 0 Å². The number of hydrogen-bond donors (Lipinski definition) is 0. The van der Waals surface area contributed by atoms with Gasteiger partial charge in [0.1, 0.15) is 0 Å². The van der Waals surface area contributed by atoms with Crippen molar-refractivity contribution in [3.8, 4) is 0 Å². The minimum absolute atomic E-state index is 0.934. The zero-order valence-corrected chi connectivity index (χ0v) is 9.14. The molecule has 0 nitrogen and oxygen atoms in total. The van der Waals surface area contributed by atoms with E-state index in [0.29, 0.717) is 0 Å². The zero-order valence-electron chi connectivity index (χ0n) is 7.55. The van der Waals surface area contributed by atoms with Crippen LogP contribution in [0.5, 0.6) is 0 Å². The highest BCUT2D eigenvalue weighted by atomic mass is 79.9. The monoisotopic (exact) mass is 234 g/mol. The molecular weight excluding hydrogens is 224 g/mol. The first-order chi connectivity index (χ1) is 6.33. The third kappa shape index (κ3) is 1.49. The molecule has 0 aliphatic rings. The highest BCUT2D eigenvalue weighted by molar-refractivity contribution is 9.08. The Bertz CT molecular complexity index is 432. The molecule has 1 heteroatoms. The highest BCUT2D eigenvalue weighted by Gasteiger charge is 2.00. The van der Waals surface area contributed by atoms with Gasteiger partial charge in [0.25, 0.3) is 0 Å². The minimum Gasteiger partial charge on any atom is -0.0876 e. The first kappa shape index (κ1) is 8.76. The maximum atomic E-state index is 3.49. The van der Waals surface area contributed by atoms with Gasteiger partial charge in [-0.15, -0.1) is 0 Å². The molecule has 0 amide bonds. The lowest BCUT2D eigenvalue weighted by molar-refractivity contribution is 1.36. The summed E-state index contributed by atoms with van der Waals surface area (Å²) in [4.78, 5) is 0. The molecule has 0 radical (unpaired) electrons. The Morgan fingerprint density at radius 3 is 2.62 bits per heavy atom. The summed E-state index contributed by atoms with van der Waals surface area (Å²) < 4.78 is 0. The molecule has 2 aromatic rings. The van der Waals surface area contributed by atoms with Crippen molar-refractivity contribution >= 4 is 26.7 Å². The number of aryl methyl sites for hydroxylation is 1. The average molecular weight is 235 g/mol. The van der Waals surface area contributed by atoms with Crippen LogP contribution in [-0.2, 0) is 5.33 Å². The van der Waals surface area contributed by atoms with Crippen LogP contribution in [0.2, 0.25) is 0 Å². The Morgan fingerprint density at radius 2 is 1.85 bits per heavy atom. The summed E-state index contributed by atoms with van der Waals surface area (Å²) in [5, 5.41) is 3.62. The smallest absolute Gasteiger partial charge is 0.0285 e. The molecule has 13 heavy (non-hydrogen) atoms. The maximum absolute atomic E-state index is 3.49. The largest absolute Gasteiger partial charge is 0.0876 e. The Labute approximate surface area is 86.7 Å². The van der Waals surface area contributed by atoms with Gasteiger partial charge in [0.05, 0.1) is 0 Å². The number of alkyl halides is 1. The normalized spacial score (nSPS) is 10.6. The molecule has 66 valence electrons. The molecule has 0 unspecified atom stereocenters. The highest BCUT2D eigenvalue weighted by Crippen LogP contribution is 2.22. The standard InChI is InChI=1S/C12H11Br/c1-9-11(8-13)7-6-10-4-2-3-5-12(9)10/h2-7H,8H2,1H3. The van der Waals surface area contributed by atoms with Gasteiger partial charge in [-0.2, -0.15) is 0 Å². The molecule has 0 N–H and O–H groups in total. The van der Waals surface area contributed by atoms with E-state index in [1.807, 2.05) is 0 Å². The molecule has 0 aliphatic heterocycles. The van der Waals surface area contributed by atoms with E-state index < -0.39 is 0 Å². The van der Waals surface area contributed by atoms with E-state index in [1.165, 1.54) is 21.9 Å². The van der Waals surface area contributed by atoms with Crippen LogP contribution in [0.1, 0.15) is 11.1 Å². The van der Waals surface area contributed by atoms with Crippen molar-refractivity contribution < 1.29 is 0 Å². The summed E-state index contributed by atoms with van der Waals surface area (Å²) >= 11 is 3.49. The summed E-state index contributed by atoms with van der Waals surface area (Å²) in [5.74, 6) is 0. The number of rotatable bonds is 1. The first-order valence-corrected chi connectivity index (χ1v) is 5.48. The van der Waals surface area contributed by atoms with Gasteiger partial charge in [-0.05, 0) is 28.8 Å². The molecule has 0 spiro atoms. The number of halogens is 1. The van der Waals surface area contributed by atoms with Crippen molar-refractivity contribution in [3.05, 3.63) is 47.5 Å². The van der Waals surface area contributed by atoms with E-state index in [4.69, 9.17) is 0 Å². The van der Waals surface area contributed by atoms with Gasteiger partial charge >= 0.3 is 0 Å². The van der Waals surface area contributed by atoms with Gasteiger partial charge in [-0.1, -0.05) is 52.3 Å². The second-order valence-electron chi connectivity index (χ2n) is 3.20. The van der Waals surface area contributed by atoms with Gasteiger partial charge in [0.2, 0.25) is 0 Å². The van der Waals surface area contributed by atoms with E-state index in [-0.39, 0.29) is 0 Å². The van der Waals surface area contributed by atoms with Gasteiger partial charge in [-0.25, -0.2) is 0 Å². The van der Waals surface area contributed by atoms with Crippen LogP contribution < -0.4 is 0 Å². The average Bonchev–Trinajstić information content (AvgIpc) is 2.19. The van der Waals surface area contributed by atoms with Crippen molar-refractivity contribution in [1.29, 1.82) is 0 Å². The molecule has 0 aromatic heterocycles. The van der Waals surface area contributed by atoms with Crippen LogP contribution >= 0.6 is 15.9 Å². The fourth-order valence-corrected chi connectivity index (χ4v) is 2.22. The van der Waals surface area contributed by atoms with Crippen LogP contribution in [-0.4, -0.2) is 0 Å². The lowest BCUT2D eigenvalue weighted by Crippen LogP contribution is -1.85. The van der Waals surface area contributed by atoms with E-state index in [0.717, 1.165) is 5.33 Å². The molecule has 0 aliphatic carbocycles. The summed E-state index contributed by atoms with van der Waals surface area (Å²) in [7, 11) is 0. The zero-order chi connectivity index (χ0) is 9.26. The predicted molar refractivity (Wildman–Crippen MR) is 61.3 cm³/mol. The second kappa shape index (κ2) is 3.51. The van der Waals surface area contributed by atoms with Crippen molar-refractivity contribution in [2.24, 2.45) is 0 Å². The van der Waals surface area contributed by atoms with Crippen LogP contribution in [0.3, 0.4) is 0 Å². The van der Waals surface area contributed by atoms with Gasteiger partial charge in [0, 0.05) is 5.33 Å². The molecule has 2 rings (SSSR count). The van der Waals surface area contributed by atoms with Crippen molar-refractivity contribution in [2.75, 3.05) is 0 Å². The van der Waals surface area contributed by atoms with Crippen LogP contribution in [0.15, 0.2) is 36.4 Å². The fraction of sp³-hybridized carbons (Fsp3) is 0.167. The van der Waals surface area contributed by atoms with Crippen molar-refractivity contribution in [1.82, 2.24) is 0 Å². The van der Waals surface area contributed by atoms with Gasteiger partial charge in [-0.3, -0.25) is 0 Å². The molecular formula is C12H11Br. The minimum atomic E-state index is 0.934. The Hall–Kier alpha value is -0.820. The van der Waals surface area contributed by atoms with Crippen LogP contribution in [0.25, 0.3) is 10.8 Å². The fourth-order valence-electron chi connectivity index (χ4n) is 1.62. The summed E-state index contributed by atoms with van der Waals surface area (Å²) in [6.45, 7) is 2.18. The lowest BCUT2D eigenvalue weighted by Gasteiger charge is -2.06. The third-order valence-corrected chi connectivity index (χ3v) is 3.06. The Morgan fingerprint density at radius 1 is 1.08 bits per heavy atom. The molecule has 0 atom stereocenters. The third-order valence-electron chi connectivity index (χ3n) is 2.45. The first-order valence-electron chi connectivity index (χ1n) is 4.36. The van der Waals surface area contributed by atoms with Crippen molar-refractivity contribution in [2.45, 2.75) is 12.3 Å². The van der Waals surface area contributed by atoms with Crippen LogP contribution in [0.4, 0.5) is 0 Å². The molecule has 0 saturated carbocycles. The second-order valence-corrected chi connectivity index (χ2v) is 3.77. The molecule has 0 fully saturated rings. The lowest BCUT2D eigenvalue weighted by atomic mass is 10.0. The molecule has 0 bridgehead atoms. The quantitative estimate of drug-likeness (QED) is 0.654. The Balaban J connectivity index is 2.79. The predicted octanol–water partition coefficient (Wildman–Crippen LogP) is 4.04. The summed E-state index contributed by atoms with van der Waals surface area (Å²) in [6.07, 6.45) is 0. The number of hydrogen-bond acceptors (Lipinski definition) is 0. The SMILES string of the molecule is Cc1c(CBr)ccc2ccccc12. The Kier molecular flexibility index (Phi) is 2.36. The van der Waals surface area contributed by atoms with Crippen LogP contribution in [0, 0.1) is 6.92 Å². The van der Waals surface area contributed by atoms with E-state index in [2.05, 4.69) is 59.3 Å². The maximum Gasteiger partial charge on any atom is 0.0285 e. The van der Waals surface area contributed by atoms with Crippen molar-refractivity contribution in [3.63, 3.8) is 0 Å². The van der Waals surface area contributed by atoms with E-state index >= 15 is 0 Å². The summed E-state index contributed by atoms with van der Waals surface area (Å²) in [5.41, 5.74) is 2.76. The molecule has 2 aromatic carbocycles. The topological polar surface area (TPSA) is 0 Å². The van der Waals surface area contributed by atoms with Gasteiger partial charge in [0.15, 0.2) is 0 Å². The molecule has 0 heterocycles.